The van der Waals surface area contributed by atoms with Gasteiger partial charge in [-0.3, -0.25) is 0 Å². The molecule has 5 atom stereocenters. The van der Waals surface area contributed by atoms with Gasteiger partial charge in [0.1, 0.15) is 0 Å². The molecule has 1 nitrogen and oxygen atoms in total. The van der Waals surface area contributed by atoms with Crippen LogP contribution in [0, 0.1) is 23.7 Å². The molecule has 0 heterocycles. The lowest BCUT2D eigenvalue weighted by Gasteiger charge is -2.32. The fourth-order valence-corrected chi connectivity index (χ4v) is 5.28. The third kappa shape index (κ3) is 2.11. The van der Waals surface area contributed by atoms with Crippen LogP contribution < -0.4 is 5.32 Å². The van der Waals surface area contributed by atoms with Crippen LogP contribution in [0.4, 0.5) is 0 Å². The van der Waals surface area contributed by atoms with Gasteiger partial charge in [-0.05, 0) is 67.1 Å². The van der Waals surface area contributed by atoms with Crippen molar-refractivity contribution >= 4 is 11.6 Å². The molecule has 3 fully saturated rings. The summed E-state index contributed by atoms with van der Waals surface area (Å²) in [5.41, 5.74) is 1.36. The molecule has 1 aromatic carbocycles. The molecule has 3 aliphatic carbocycles. The topological polar surface area (TPSA) is 12.0 Å². The van der Waals surface area contributed by atoms with Crippen LogP contribution in [-0.4, -0.2) is 6.04 Å². The average Bonchev–Trinajstić information content (AvgIpc) is 3.10. The van der Waals surface area contributed by atoms with Gasteiger partial charge in [-0.15, -0.1) is 0 Å². The molecule has 3 aliphatic rings. The van der Waals surface area contributed by atoms with Gasteiger partial charge in [0, 0.05) is 17.6 Å². The number of benzene rings is 1. The Hall–Kier alpha value is -0.530. The Labute approximate surface area is 120 Å². The third-order valence-electron chi connectivity index (χ3n) is 5.91. The van der Waals surface area contributed by atoms with E-state index >= 15 is 0 Å². The lowest BCUT2D eigenvalue weighted by molar-refractivity contribution is 0.208. The van der Waals surface area contributed by atoms with Crippen LogP contribution in [-0.2, 0) is 6.54 Å². The maximum atomic E-state index is 5.93. The fraction of sp³-hybridized carbons (Fsp3) is 0.647. The van der Waals surface area contributed by atoms with Gasteiger partial charge in [0.2, 0.25) is 0 Å². The van der Waals surface area contributed by atoms with E-state index in [1.807, 2.05) is 12.1 Å². The van der Waals surface area contributed by atoms with Gasteiger partial charge in [-0.2, -0.15) is 0 Å². The summed E-state index contributed by atoms with van der Waals surface area (Å²) in [5, 5.41) is 4.65. The largest absolute Gasteiger partial charge is 0.310 e. The summed E-state index contributed by atoms with van der Waals surface area (Å²) in [7, 11) is 0. The highest BCUT2D eigenvalue weighted by molar-refractivity contribution is 6.30. The summed E-state index contributed by atoms with van der Waals surface area (Å²) < 4.78 is 0. The first-order valence-corrected chi connectivity index (χ1v) is 8.17. The molecule has 102 valence electrons. The molecule has 3 saturated carbocycles. The summed E-state index contributed by atoms with van der Waals surface area (Å²) in [4.78, 5) is 0. The van der Waals surface area contributed by atoms with Crippen molar-refractivity contribution in [2.24, 2.45) is 23.7 Å². The van der Waals surface area contributed by atoms with E-state index in [4.69, 9.17) is 11.6 Å². The van der Waals surface area contributed by atoms with Gasteiger partial charge in [0.05, 0.1) is 0 Å². The van der Waals surface area contributed by atoms with E-state index in [0.717, 1.165) is 41.3 Å². The molecule has 0 aliphatic heterocycles. The molecule has 1 aromatic rings. The minimum atomic E-state index is 0.778. The number of fused-ring (bicyclic) bond motifs is 5. The standard InChI is InChI=1S/C17H22ClN/c18-13-6-4-11(5-7-13)10-19-17-9-12-8-16(17)15-3-1-2-14(12)15/h4-7,12,14-17,19H,1-3,8-10H2. The van der Waals surface area contributed by atoms with E-state index in [0.29, 0.717) is 0 Å². The fourth-order valence-electron chi connectivity index (χ4n) is 5.15. The molecule has 2 bridgehead atoms. The summed E-state index contributed by atoms with van der Waals surface area (Å²) >= 11 is 5.93. The molecular formula is C17H22ClN. The monoisotopic (exact) mass is 275 g/mol. The highest BCUT2D eigenvalue weighted by atomic mass is 35.5. The SMILES string of the molecule is Clc1ccc(CNC2CC3CC2C2CCCC32)cc1. The van der Waals surface area contributed by atoms with E-state index in [2.05, 4.69) is 17.4 Å². The van der Waals surface area contributed by atoms with Gasteiger partial charge in [0.15, 0.2) is 0 Å². The number of nitrogens with one attached hydrogen (secondary N) is 1. The number of hydrogen-bond acceptors (Lipinski definition) is 1. The average molecular weight is 276 g/mol. The van der Waals surface area contributed by atoms with Crippen LogP contribution in [0.5, 0.6) is 0 Å². The lowest BCUT2D eigenvalue weighted by atomic mass is 9.79. The minimum Gasteiger partial charge on any atom is -0.310 e. The van der Waals surface area contributed by atoms with Gasteiger partial charge < -0.3 is 5.32 Å². The second-order valence-electron chi connectivity index (χ2n) is 6.77. The maximum absolute atomic E-state index is 5.93. The Bertz CT molecular complexity index is 455. The lowest BCUT2D eigenvalue weighted by Crippen LogP contribution is -2.38. The summed E-state index contributed by atoms with van der Waals surface area (Å²) in [6.07, 6.45) is 7.46. The first kappa shape index (κ1) is 12.2. The van der Waals surface area contributed by atoms with Gasteiger partial charge in [-0.1, -0.05) is 30.2 Å². The number of halogens is 1. The zero-order valence-electron chi connectivity index (χ0n) is 11.3. The summed E-state index contributed by atoms with van der Waals surface area (Å²) in [6, 6.07) is 9.04. The highest BCUT2D eigenvalue weighted by Gasteiger charge is 2.53. The Morgan fingerprint density at radius 2 is 1.79 bits per heavy atom. The molecule has 4 rings (SSSR count). The van der Waals surface area contributed by atoms with E-state index in [9.17, 15) is 0 Å². The summed E-state index contributed by atoms with van der Waals surface area (Å²) in [5.74, 6) is 4.17. The van der Waals surface area contributed by atoms with Crippen molar-refractivity contribution in [2.45, 2.75) is 44.7 Å². The molecule has 19 heavy (non-hydrogen) atoms. The Kier molecular flexibility index (Phi) is 3.08. The van der Waals surface area contributed by atoms with Gasteiger partial charge in [-0.25, -0.2) is 0 Å². The molecule has 0 radical (unpaired) electrons. The van der Waals surface area contributed by atoms with Crippen LogP contribution in [0.3, 0.4) is 0 Å². The van der Waals surface area contributed by atoms with Gasteiger partial charge >= 0.3 is 0 Å². The van der Waals surface area contributed by atoms with Crippen LogP contribution in [0.15, 0.2) is 24.3 Å². The van der Waals surface area contributed by atoms with Crippen molar-refractivity contribution in [2.75, 3.05) is 0 Å². The number of hydrogen-bond donors (Lipinski definition) is 1. The summed E-state index contributed by atoms with van der Waals surface area (Å²) in [6.45, 7) is 1.00. The van der Waals surface area contributed by atoms with E-state index in [1.165, 1.54) is 37.7 Å². The maximum Gasteiger partial charge on any atom is 0.0406 e. The predicted molar refractivity (Wildman–Crippen MR) is 79.1 cm³/mol. The second kappa shape index (κ2) is 4.79. The van der Waals surface area contributed by atoms with Crippen molar-refractivity contribution in [1.82, 2.24) is 5.32 Å². The molecular weight excluding hydrogens is 254 g/mol. The number of rotatable bonds is 3. The quantitative estimate of drug-likeness (QED) is 0.869. The van der Waals surface area contributed by atoms with E-state index < -0.39 is 0 Å². The molecule has 1 N–H and O–H groups in total. The van der Waals surface area contributed by atoms with E-state index in [1.54, 1.807) is 0 Å². The van der Waals surface area contributed by atoms with Crippen molar-refractivity contribution < 1.29 is 0 Å². The first-order chi connectivity index (χ1) is 9.31. The molecule has 0 amide bonds. The first-order valence-electron chi connectivity index (χ1n) is 7.79. The van der Waals surface area contributed by atoms with Crippen molar-refractivity contribution in [3.8, 4) is 0 Å². The molecule has 0 spiro atoms. The molecule has 0 saturated heterocycles. The molecule has 0 aromatic heterocycles. The zero-order chi connectivity index (χ0) is 12.8. The van der Waals surface area contributed by atoms with Gasteiger partial charge in [0.25, 0.3) is 0 Å². The van der Waals surface area contributed by atoms with Crippen LogP contribution >= 0.6 is 11.6 Å². The van der Waals surface area contributed by atoms with Crippen LogP contribution in [0.25, 0.3) is 0 Å². The normalized spacial score (nSPS) is 39.7. The molecule has 2 heteroatoms. The Morgan fingerprint density at radius 1 is 1.00 bits per heavy atom. The highest BCUT2D eigenvalue weighted by Crippen LogP contribution is 2.58. The smallest absolute Gasteiger partial charge is 0.0406 e. The second-order valence-corrected chi connectivity index (χ2v) is 7.20. The van der Waals surface area contributed by atoms with Crippen molar-refractivity contribution in [3.05, 3.63) is 34.9 Å². The van der Waals surface area contributed by atoms with Crippen LogP contribution in [0.2, 0.25) is 5.02 Å². The van der Waals surface area contributed by atoms with Crippen molar-refractivity contribution in [1.29, 1.82) is 0 Å². The third-order valence-corrected chi connectivity index (χ3v) is 6.16. The Morgan fingerprint density at radius 3 is 2.63 bits per heavy atom. The predicted octanol–water partition coefficient (Wildman–Crippen LogP) is 4.25. The Balaban J connectivity index is 1.38. The van der Waals surface area contributed by atoms with E-state index in [-0.39, 0.29) is 0 Å². The van der Waals surface area contributed by atoms with Crippen LogP contribution in [0.1, 0.15) is 37.7 Å². The molecule has 5 unspecified atom stereocenters. The van der Waals surface area contributed by atoms with Crippen molar-refractivity contribution in [3.63, 3.8) is 0 Å². The minimum absolute atomic E-state index is 0.778. The zero-order valence-corrected chi connectivity index (χ0v) is 12.1.